The normalized spacial score (nSPS) is 19.6. The molecule has 1 aliphatic carbocycles. The van der Waals surface area contributed by atoms with Gasteiger partial charge in [-0.05, 0) is 37.3 Å². The fourth-order valence-electron chi connectivity index (χ4n) is 5.50. The number of alkyl halides is 5. The molecule has 40 heavy (non-hydrogen) atoms. The highest BCUT2D eigenvalue weighted by Crippen LogP contribution is 2.42. The van der Waals surface area contributed by atoms with Crippen LogP contribution in [0.1, 0.15) is 37.8 Å². The molecule has 2 aliphatic heterocycles. The zero-order valence-electron chi connectivity index (χ0n) is 21.2. The van der Waals surface area contributed by atoms with Gasteiger partial charge in [-0.3, -0.25) is 4.79 Å². The molecule has 15 heteroatoms. The van der Waals surface area contributed by atoms with Gasteiger partial charge in [0.25, 0.3) is 12.3 Å². The van der Waals surface area contributed by atoms with Crippen LogP contribution in [0.5, 0.6) is 0 Å². The molecule has 0 N–H and O–H groups in total. The van der Waals surface area contributed by atoms with E-state index in [0.29, 0.717) is 36.9 Å². The first-order valence-corrected chi connectivity index (χ1v) is 13.0. The zero-order chi connectivity index (χ0) is 28.2. The second-order valence-electron chi connectivity index (χ2n) is 10.4. The topological polar surface area (TPSA) is 100 Å². The highest BCUT2D eigenvalue weighted by molar-refractivity contribution is 6.23. The van der Waals surface area contributed by atoms with E-state index in [1.54, 1.807) is 4.90 Å². The summed E-state index contributed by atoms with van der Waals surface area (Å²) in [4.78, 5) is 44.0. The third-order valence-electron chi connectivity index (χ3n) is 7.85. The molecule has 3 aromatic heterocycles. The predicted molar refractivity (Wildman–Crippen MR) is 132 cm³/mol. The largest absolute Gasteiger partial charge is 0.433 e. The van der Waals surface area contributed by atoms with E-state index in [0.717, 1.165) is 47.2 Å². The third-order valence-corrected chi connectivity index (χ3v) is 7.85. The number of hydrogen-bond donors (Lipinski definition) is 0. The molecule has 10 nitrogen and oxygen atoms in total. The van der Waals surface area contributed by atoms with Gasteiger partial charge >= 0.3 is 12.2 Å². The van der Waals surface area contributed by atoms with Crippen LogP contribution in [0.4, 0.5) is 38.3 Å². The summed E-state index contributed by atoms with van der Waals surface area (Å²) in [7, 11) is 0. The highest BCUT2D eigenvalue weighted by atomic mass is 19.4. The summed E-state index contributed by atoms with van der Waals surface area (Å²) in [6.07, 6.45) is -0.111. The first-order chi connectivity index (χ1) is 19.1. The standard InChI is InChI=1S/C25H25F5N8O2/c26-19(27)14-37-21-17(12-33-37)31-13-20(34-21)35-9-6-24(7-10-35)22(39)38(23(40)36(24)8-5-15-1-2-15)16-3-4-18(32-11-16)25(28,29)30/h3-4,11-13,15,19H,1-2,5-10,14H2. The Labute approximate surface area is 224 Å². The van der Waals surface area contributed by atoms with Crippen molar-refractivity contribution in [2.75, 3.05) is 29.4 Å². The van der Waals surface area contributed by atoms with Gasteiger partial charge in [0.15, 0.2) is 5.65 Å². The molecule has 0 bridgehead atoms. The van der Waals surface area contributed by atoms with Gasteiger partial charge in [-0.15, -0.1) is 0 Å². The fourth-order valence-corrected chi connectivity index (χ4v) is 5.50. The predicted octanol–water partition coefficient (Wildman–Crippen LogP) is 4.11. The van der Waals surface area contributed by atoms with E-state index in [2.05, 4.69) is 20.1 Å². The van der Waals surface area contributed by atoms with Gasteiger partial charge in [-0.2, -0.15) is 18.3 Å². The molecule has 0 atom stereocenters. The Bertz CT molecular complexity index is 1430. The zero-order valence-corrected chi connectivity index (χ0v) is 21.2. The van der Waals surface area contributed by atoms with Gasteiger partial charge in [0.2, 0.25) is 0 Å². The van der Waals surface area contributed by atoms with Crippen LogP contribution >= 0.6 is 0 Å². The van der Waals surface area contributed by atoms with Crippen molar-refractivity contribution in [2.24, 2.45) is 5.92 Å². The van der Waals surface area contributed by atoms with Gasteiger partial charge in [-0.1, -0.05) is 12.8 Å². The van der Waals surface area contributed by atoms with Crippen LogP contribution in [-0.4, -0.2) is 73.2 Å². The summed E-state index contributed by atoms with van der Waals surface area (Å²) < 4.78 is 66.1. The van der Waals surface area contributed by atoms with E-state index < -0.39 is 42.3 Å². The SMILES string of the molecule is O=C1N(c2ccc(C(F)(F)F)nc2)C(=O)C2(CCN(c3cnc4cnn(CC(F)F)c4n3)CC2)N1CCC1CC1. The average Bonchev–Trinajstić information content (AvgIpc) is 3.64. The first-order valence-electron chi connectivity index (χ1n) is 13.0. The third kappa shape index (κ3) is 4.60. The van der Waals surface area contributed by atoms with E-state index >= 15 is 0 Å². The molecule has 3 fully saturated rings. The van der Waals surface area contributed by atoms with Crippen LogP contribution in [0.25, 0.3) is 11.2 Å². The molecule has 5 heterocycles. The maximum absolute atomic E-state index is 13.9. The Kier molecular flexibility index (Phi) is 6.33. The van der Waals surface area contributed by atoms with Gasteiger partial charge in [0, 0.05) is 19.6 Å². The quantitative estimate of drug-likeness (QED) is 0.315. The highest BCUT2D eigenvalue weighted by Gasteiger charge is 2.58. The Morgan fingerprint density at radius 1 is 1.02 bits per heavy atom. The van der Waals surface area contributed by atoms with Crippen LogP contribution in [0.3, 0.4) is 0 Å². The smallest absolute Gasteiger partial charge is 0.355 e. The molecule has 0 radical (unpaired) electrons. The summed E-state index contributed by atoms with van der Waals surface area (Å²) in [5.74, 6) is 0.427. The summed E-state index contributed by atoms with van der Waals surface area (Å²) in [5, 5.41) is 3.93. The Hall–Kier alpha value is -3.91. The monoisotopic (exact) mass is 564 g/mol. The molecule has 1 spiro atoms. The number of fused-ring (bicyclic) bond motifs is 1. The molecule has 6 rings (SSSR count). The maximum atomic E-state index is 13.9. The Morgan fingerprint density at radius 2 is 1.77 bits per heavy atom. The molecule has 3 aliphatic rings. The van der Waals surface area contributed by atoms with Crippen molar-refractivity contribution in [3.05, 3.63) is 36.4 Å². The molecular weight excluding hydrogens is 539 g/mol. The number of pyridine rings is 1. The molecule has 212 valence electrons. The number of imide groups is 1. The molecular formula is C25H25F5N8O2. The number of rotatable bonds is 7. The number of urea groups is 1. The van der Waals surface area contributed by atoms with E-state index in [9.17, 15) is 31.5 Å². The first kappa shape index (κ1) is 26.3. The molecule has 3 amide bonds. The summed E-state index contributed by atoms with van der Waals surface area (Å²) in [5.41, 5.74) is -1.70. The van der Waals surface area contributed by atoms with Crippen molar-refractivity contribution >= 4 is 34.6 Å². The van der Waals surface area contributed by atoms with Crippen LogP contribution < -0.4 is 9.80 Å². The van der Waals surface area contributed by atoms with Gasteiger partial charge in [0.1, 0.15) is 29.1 Å². The van der Waals surface area contributed by atoms with Crippen LogP contribution in [-0.2, 0) is 17.5 Å². The lowest BCUT2D eigenvalue weighted by atomic mass is 9.85. The molecule has 1 saturated carbocycles. The summed E-state index contributed by atoms with van der Waals surface area (Å²) >= 11 is 0. The number of carbonyl (C=O) groups excluding carboxylic acids is 2. The second kappa shape index (κ2) is 9.63. The number of amides is 3. The van der Waals surface area contributed by atoms with Crippen molar-refractivity contribution in [3.8, 4) is 0 Å². The minimum Gasteiger partial charge on any atom is -0.355 e. The van der Waals surface area contributed by atoms with Crippen molar-refractivity contribution in [1.29, 1.82) is 0 Å². The van der Waals surface area contributed by atoms with Crippen molar-refractivity contribution in [1.82, 2.24) is 29.6 Å². The molecule has 0 unspecified atom stereocenters. The second-order valence-corrected chi connectivity index (χ2v) is 10.4. The van der Waals surface area contributed by atoms with E-state index in [1.807, 2.05) is 4.90 Å². The van der Waals surface area contributed by atoms with E-state index in [4.69, 9.17) is 0 Å². The molecule has 3 aromatic rings. The van der Waals surface area contributed by atoms with E-state index in [-0.39, 0.29) is 24.2 Å². The summed E-state index contributed by atoms with van der Waals surface area (Å²) in [6.45, 7) is 0.382. The Balaban J connectivity index is 1.26. The van der Waals surface area contributed by atoms with Crippen LogP contribution in [0, 0.1) is 5.92 Å². The number of piperidine rings is 1. The summed E-state index contributed by atoms with van der Waals surface area (Å²) in [6, 6.07) is 1.27. The number of carbonyl (C=O) groups is 2. The average molecular weight is 565 g/mol. The van der Waals surface area contributed by atoms with Crippen LogP contribution in [0.2, 0.25) is 0 Å². The molecule has 0 aromatic carbocycles. The minimum atomic E-state index is -4.65. The van der Waals surface area contributed by atoms with Crippen molar-refractivity contribution in [3.63, 3.8) is 0 Å². The number of halogens is 5. The minimum absolute atomic E-state index is 0.0117. The van der Waals surface area contributed by atoms with E-state index in [1.165, 1.54) is 12.4 Å². The maximum Gasteiger partial charge on any atom is 0.433 e. The number of anilines is 2. The lowest BCUT2D eigenvalue weighted by Gasteiger charge is -2.42. The lowest BCUT2D eigenvalue weighted by Crippen LogP contribution is -2.57. The van der Waals surface area contributed by atoms with Crippen LogP contribution in [0.15, 0.2) is 30.7 Å². The lowest BCUT2D eigenvalue weighted by molar-refractivity contribution is -0.141. The number of aromatic nitrogens is 5. The number of hydrogen-bond acceptors (Lipinski definition) is 7. The van der Waals surface area contributed by atoms with Crippen molar-refractivity contribution < 1.29 is 31.5 Å². The fraction of sp³-hybridized carbons (Fsp3) is 0.520. The van der Waals surface area contributed by atoms with Gasteiger partial charge in [0.05, 0.1) is 24.3 Å². The van der Waals surface area contributed by atoms with Crippen molar-refractivity contribution in [2.45, 2.75) is 56.8 Å². The van der Waals surface area contributed by atoms with Gasteiger partial charge < -0.3 is 9.80 Å². The molecule has 2 saturated heterocycles. The Morgan fingerprint density at radius 3 is 2.40 bits per heavy atom. The van der Waals surface area contributed by atoms with Gasteiger partial charge in [-0.25, -0.2) is 38.1 Å². The number of nitrogens with zero attached hydrogens (tertiary/aromatic N) is 8.